The van der Waals surface area contributed by atoms with Crippen LogP contribution in [0, 0.1) is 0 Å². The first-order valence-electron chi connectivity index (χ1n) is 8.85. The third-order valence-corrected chi connectivity index (χ3v) is 4.73. The Balaban J connectivity index is 1.52. The van der Waals surface area contributed by atoms with Crippen LogP contribution in [0.1, 0.15) is 22.3 Å². The second-order valence-electron chi connectivity index (χ2n) is 6.42. The molecule has 1 amide bonds. The zero-order chi connectivity index (χ0) is 17.8. The molecule has 2 aromatic carbocycles. The third-order valence-electron chi connectivity index (χ3n) is 4.73. The molecule has 3 nitrogen and oxygen atoms in total. The number of hydrogen-bond acceptors (Lipinski definition) is 2. The summed E-state index contributed by atoms with van der Waals surface area (Å²) in [4.78, 5) is 19.0. The van der Waals surface area contributed by atoms with Gasteiger partial charge >= 0.3 is 0 Å². The summed E-state index contributed by atoms with van der Waals surface area (Å²) in [5, 5.41) is 0. The fourth-order valence-corrected chi connectivity index (χ4v) is 3.30. The molecule has 0 saturated heterocycles. The standard InChI is InChI=1S/C23H20N2O/c26-23(22-15-21(16-24-17-22)19-9-5-2-6-10-19)25-13-11-20(12-14-25)18-7-3-1-4-8-18/h1-11,15-17H,12-14H2. The van der Waals surface area contributed by atoms with E-state index in [0.29, 0.717) is 12.1 Å². The molecule has 2 heterocycles. The highest BCUT2D eigenvalue weighted by atomic mass is 16.2. The second kappa shape index (κ2) is 7.36. The van der Waals surface area contributed by atoms with E-state index in [-0.39, 0.29) is 5.91 Å². The Morgan fingerprint density at radius 2 is 1.54 bits per heavy atom. The normalized spacial score (nSPS) is 14.0. The van der Waals surface area contributed by atoms with E-state index in [1.807, 2.05) is 47.4 Å². The maximum Gasteiger partial charge on any atom is 0.255 e. The summed E-state index contributed by atoms with van der Waals surface area (Å²) in [7, 11) is 0. The maximum atomic E-state index is 12.9. The molecule has 0 saturated carbocycles. The molecule has 0 fully saturated rings. The van der Waals surface area contributed by atoms with Gasteiger partial charge in [-0.3, -0.25) is 9.78 Å². The van der Waals surface area contributed by atoms with Gasteiger partial charge in [0.25, 0.3) is 5.91 Å². The highest BCUT2D eigenvalue weighted by Gasteiger charge is 2.20. The Bertz CT molecular complexity index is 933. The number of amides is 1. The zero-order valence-electron chi connectivity index (χ0n) is 14.5. The van der Waals surface area contributed by atoms with E-state index in [1.165, 1.54) is 11.1 Å². The van der Waals surface area contributed by atoms with Crippen LogP contribution in [0.15, 0.2) is 85.2 Å². The smallest absolute Gasteiger partial charge is 0.255 e. The molecule has 0 radical (unpaired) electrons. The van der Waals surface area contributed by atoms with Gasteiger partial charge in [0.2, 0.25) is 0 Å². The molecular formula is C23H20N2O. The van der Waals surface area contributed by atoms with Crippen LogP contribution < -0.4 is 0 Å². The first kappa shape index (κ1) is 16.3. The molecule has 0 unspecified atom stereocenters. The van der Waals surface area contributed by atoms with Gasteiger partial charge in [0.05, 0.1) is 5.56 Å². The molecule has 26 heavy (non-hydrogen) atoms. The van der Waals surface area contributed by atoms with Crippen LogP contribution >= 0.6 is 0 Å². The second-order valence-corrected chi connectivity index (χ2v) is 6.42. The largest absolute Gasteiger partial charge is 0.335 e. The maximum absolute atomic E-state index is 12.9. The van der Waals surface area contributed by atoms with Gasteiger partial charge < -0.3 is 4.90 Å². The summed E-state index contributed by atoms with van der Waals surface area (Å²) in [5.74, 6) is 0.0404. The van der Waals surface area contributed by atoms with Crippen molar-refractivity contribution in [2.75, 3.05) is 13.1 Å². The lowest BCUT2D eigenvalue weighted by atomic mass is 9.99. The monoisotopic (exact) mass is 340 g/mol. The van der Waals surface area contributed by atoms with Crippen LogP contribution in [-0.2, 0) is 0 Å². The lowest BCUT2D eigenvalue weighted by Gasteiger charge is -2.26. The third kappa shape index (κ3) is 3.42. The summed E-state index contributed by atoms with van der Waals surface area (Å²) in [5.41, 5.74) is 5.23. The first-order valence-corrected chi connectivity index (χ1v) is 8.85. The van der Waals surface area contributed by atoms with Crippen LogP contribution in [0.4, 0.5) is 0 Å². The predicted molar refractivity (Wildman–Crippen MR) is 105 cm³/mol. The summed E-state index contributed by atoms with van der Waals surface area (Å²) >= 11 is 0. The van der Waals surface area contributed by atoms with Crippen LogP contribution in [0.2, 0.25) is 0 Å². The minimum Gasteiger partial charge on any atom is -0.335 e. The average molecular weight is 340 g/mol. The van der Waals surface area contributed by atoms with Crippen LogP contribution in [0.25, 0.3) is 16.7 Å². The Labute approximate surface area is 153 Å². The highest BCUT2D eigenvalue weighted by molar-refractivity contribution is 5.95. The first-order chi connectivity index (χ1) is 12.8. The minimum atomic E-state index is 0.0404. The van der Waals surface area contributed by atoms with Crippen molar-refractivity contribution >= 4 is 11.5 Å². The van der Waals surface area contributed by atoms with Gasteiger partial charge in [-0.25, -0.2) is 0 Å². The molecule has 1 aliphatic heterocycles. The van der Waals surface area contributed by atoms with Crippen molar-refractivity contribution in [3.05, 3.63) is 96.3 Å². The summed E-state index contributed by atoms with van der Waals surface area (Å²) in [6.45, 7) is 1.37. The van der Waals surface area contributed by atoms with Crippen molar-refractivity contribution < 1.29 is 4.79 Å². The fourth-order valence-electron chi connectivity index (χ4n) is 3.30. The van der Waals surface area contributed by atoms with Crippen molar-refractivity contribution in [1.29, 1.82) is 0 Å². The van der Waals surface area contributed by atoms with Crippen LogP contribution in [0.3, 0.4) is 0 Å². The Morgan fingerprint density at radius 3 is 2.19 bits per heavy atom. The van der Waals surface area contributed by atoms with Crippen LogP contribution in [0.5, 0.6) is 0 Å². The van der Waals surface area contributed by atoms with Gasteiger partial charge in [0.1, 0.15) is 0 Å². The molecule has 128 valence electrons. The highest BCUT2D eigenvalue weighted by Crippen LogP contribution is 2.24. The molecule has 4 rings (SSSR count). The van der Waals surface area contributed by atoms with Gasteiger partial charge in [0.15, 0.2) is 0 Å². The molecule has 1 aliphatic rings. The lowest BCUT2D eigenvalue weighted by molar-refractivity contribution is 0.0772. The number of pyridine rings is 1. The van der Waals surface area contributed by atoms with Gasteiger partial charge in [-0.15, -0.1) is 0 Å². The predicted octanol–water partition coefficient (Wildman–Crippen LogP) is 4.68. The van der Waals surface area contributed by atoms with Crippen molar-refractivity contribution in [2.24, 2.45) is 0 Å². The van der Waals surface area contributed by atoms with E-state index < -0.39 is 0 Å². The number of carbonyl (C=O) groups is 1. The number of carbonyl (C=O) groups excluding carboxylic acids is 1. The number of rotatable bonds is 3. The molecule has 0 N–H and O–H groups in total. The van der Waals surface area contributed by atoms with Crippen molar-refractivity contribution in [3.63, 3.8) is 0 Å². The molecule has 0 atom stereocenters. The van der Waals surface area contributed by atoms with Gasteiger partial charge in [-0.2, -0.15) is 0 Å². The SMILES string of the molecule is O=C(c1cncc(-c2ccccc2)c1)N1CC=C(c2ccccc2)CC1. The summed E-state index contributed by atoms with van der Waals surface area (Å²) < 4.78 is 0. The van der Waals surface area contributed by atoms with E-state index in [4.69, 9.17) is 0 Å². The molecule has 0 bridgehead atoms. The van der Waals surface area contributed by atoms with E-state index in [2.05, 4.69) is 35.3 Å². The summed E-state index contributed by atoms with van der Waals surface area (Å²) in [6.07, 6.45) is 6.49. The molecule has 0 spiro atoms. The van der Waals surface area contributed by atoms with Crippen LogP contribution in [-0.4, -0.2) is 28.9 Å². The average Bonchev–Trinajstić information content (AvgIpc) is 2.75. The Kier molecular flexibility index (Phi) is 4.61. The quantitative estimate of drug-likeness (QED) is 0.694. The van der Waals surface area contributed by atoms with Gasteiger partial charge in [-0.1, -0.05) is 66.7 Å². The Morgan fingerprint density at radius 1 is 0.846 bits per heavy atom. The molecular weight excluding hydrogens is 320 g/mol. The Hall–Kier alpha value is -3.20. The molecule has 0 aliphatic carbocycles. The zero-order valence-corrected chi connectivity index (χ0v) is 14.5. The van der Waals surface area contributed by atoms with E-state index in [1.54, 1.807) is 12.4 Å². The molecule has 3 aromatic rings. The minimum absolute atomic E-state index is 0.0404. The number of nitrogens with zero attached hydrogens (tertiary/aromatic N) is 2. The number of hydrogen-bond donors (Lipinski definition) is 0. The molecule has 3 heteroatoms. The fraction of sp³-hybridized carbons (Fsp3) is 0.130. The summed E-state index contributed by atoms with van der Waals surface area (Å²) in [6, 6.07) is 22.3. The molecule has 1 aromatic heterocycles. The van der Waals surface area contributed by atoms with Gasteiger partial charge in [0, 0.05) is 31.0 Å². The number of benzene rings is 2. The lowest BCUT2D eigenvalue weighted by Crippen LogP contribution is -2.34. The van der Waals surface area contributed by atoms with Crippen molar-refractivity contribution in [2.45, 2.75) is 6.42 Å². The van der Waals surface area contributed by atoms with E-state index >= 15 is 0 Å². The van der Waals surface area contributed by atoms with E-state index in [9.17, 15) is 4.79 Å². The van der Waals surface area contributed by atoms with Gasteiger partial charge in [-0.05, 0) is 29.2 Å². The topological polar surface area (TPSA) is 33.2 Å². The van der Waals surface area contributed by atoms with E-state index in [0.717, 1.165) is 24.1 Å². The number of aromatic nitrogens is 1. The van der Waals surface area contributed by atoms with Crippen molar-refractivity contribution in [3.8, 4) is 11.1 Å². The van der Waals surface area contributed by atoms with Crippen molar-refractivity contribution in [1.82, 2.24) is 9.88 Å².